The van der Waals surface area contributed by atoms with Crippen LogP contribution in [0.2, 0.25) is 0 Å². The molecule has 0 aliphatic heterocycles. The number of hydrogen-bond donors (Lipinski definition) is 0. The minimum Gasteiger partial charge on any atom is -0.294 e. The highest BCUT2D eigenvalue weighted by atomic mass is 16.1. The van der Waals surface area contributed by atoms with E-state index >= 15 is 0 Å². The zero-order valence-electron chi connectivity index (χ0n) is 9.80. The first-order valence-corrected chi connectivity index (χ1v) is 6.52. The van der Waals surface area contributed by atoms with Crippen LogP contribution in [0.25, 0.3) is 0 Å². The second-order valence-electron chi connectivity index (χ2n) is 5.21. The summed E-state index contributed by atoms with van der Waals surface area (Å²) in [5.41, 5.74) is 1.16. The van der Waals surface area contributed by atoms with Gasteiger partial charge in [-0.3, -0.25) is 4.79 Å². The SMILES string of the molecule is CC1CCCC1C(=O)C1=CCCCCC1. The quantitative estimate of drug-likeness (QED) is 0.670. The topological polar surface area (TPSA) is 17.1 Å². The molecule has 0 spiro atoms. The monoisotopic (exact) mass is 206 g/mol. The molecular formula is C14H22O. The maximum atomic E-state index is 12.3. The maximum Gasteiger partial charge on any atom is 0.161 e. The van der Waals surface area contributed by atoms with Gasteiger partial charge in [0.2, 0.25) is 0 Å². The van der Waals surface area contributed by atoms with E-state index in [4.69, 9.17) is 0 Å². The molecule has 1 fully saturated rings. The molecule has 2 atom stereocenters. The summed E-state index contributed by atoms with van der Waals surface area (Å²) in [5.74, 6) is 1.47. The van der Waals surface area contributed by atoms with Crippen LogP contribution in [0.1, 0.15) is 58.3 Å². The van der Waals surface area contributed by atoms with Crippen molar-refractivity contribution in [2.24, 2.45) is 11.8 Å². The van der Waals surface area contributed by atoms with Gasteiger partial charge in [-0.1, -0.05) is 25.8 Å². The van der Waals surface area contributed by atoms with Crippen LogP contribution in [0.4, 0.5) is 0 Å². The lowest BCUT2D eigenvalue weighted by Crippen LogP contribution is -2.18. The van der Waals surface area contributed by atoms with Crippen LogP contribution in [-0.4, -0.2) is 5.78 Å². The normalized spacial score (nSPS) is 32.2. The molecule has 84 valence electrons. The molecule has 0 radical (unpaired) electrons. The van der Waals surface area contributed by atoms with Crippen LogP contribution in [0.5, 0.6) is 0 Å². The predicted octanol–water partition coefficient (Wildman–Crippen LogP) is 3.88. The van der Waals surface area contributed by atoms with Gasteiger partial charge in [-0.05, 0) is 50.0 Å². The Kier molecular flexibility index (Phi) is 3.61. The number of rotatable bonds is 2. The number of carbonyl (C=O) groups excluding carboxylic acids is 1. The van der Waals surface area contributed by atoms with E-state index in [1.165, 1.54) is 32.1 Å². The van der Waals surface area contributed by atoms with Crippen LogP contribution in [0.3, 0.4) is 0 Å². The van der Waals surface area contributed by atoms with Crippen molar-refractivity contribution in [1.29, 1.82) is 0 Å². The van der Waals surface area contributed by atoms with E-state index in [0.29, 0.717) is 17.6 Å². The second-order valence-corrected chi connectivity index (χ2v) is 5.21. The Morgan fingerprint density at radius 3 is 2.80 bits per heavy atom. The lowest BCUT2D eigenvalue weighted by Gasteiger charge is -2.15. The minimum atomic E-state index is 0.356. The van der Waals surface area contributed by atoms with Gasteiger partial charge in [0.05, 0.1) is 0 Å². The number of carbonyl (C=O) groups is 1. The highest BCUT2D eigenvalue weighted by Crippen LogP contribution is 2.35. The summed E-state index contributed by atoms with van der Waals surface area (Å²) in [5, 5.41) is 0. The molecule has 0 bridgehead atoms. The third-order valence-corrected chi connectivity index (χ3v) is 4.06. The third-order valence-electron chi connectivity index (χ3n) is 4.06. The van der Waals surface area contributed by atoms with Gasteiger partial charge in [0.1, 0.15) is 0 Å². The summed E-state index contributed by atoms with van der Waals surface area (Å²) >= 11 is 0. The molecule has 15 heavy (non-hydrogen) atoms. The fourth-order valence-corrected chi connectivity index (χ4v) is 3.01. The van der Waals surface area contributed by atoms with Gasteiger partial charge >= 0.3 is 0 Å². The molecule has 2 rings (SSSR count). The molecule has 1 saturated carbocycles. The van der Waals surface area contributed by atoms with E-state index in [9.17, 15) is 4.79 Å². The molecule has 0 aromatic rings. The third kappa shape index (κ3) is 2.50. The average molecular weight is 206 g/mol. The van der Waals surface area contributed by atoms with Crippen molar-refractivity contribution in [3.63, 3.8) is 0 Å². The molecule has 0 heterocycles. The van der Waals surface area contributed by atoms with Gasteiger partial charge in [-0.2, -0.15) is 0 Å². The Balaban J connectivity index is 2.02. The predicted molar refractivity (Wildman–Crippen MR) is 62.7 cm³/mol. The van der Waals surface area contributed by atoms with E-state index in [1.807, 2.05) is 0 Å². The Morgan fingerprint density at radius 2 is 2.07 bits per heavy atom. The van der Waals surface area contributed by atoms with Gasteiger partial charge in [0.25, 0.3) is 0 Å². The van der Waals surface area contributed by atoms with Crippen molar-refractivity contribution in [3.8, 4) is 0 Å². The van der Waals surface area contributed by atoms with Crippen molar-refractivity contribution in [1.82, 2.24) is 0 Å². The lowest BCUT2D eigenvalue weighted by atomic mass is 9.88. The van der Waals surface area contributed by atoms with Crippen molar-refractivity contribution in [3.05, 3.63) is 11.6 Å². The molecule has 2 aliphatic rings. The molecule has 1 nitrogen and oxygen atoms in total. The first kappa shape index (κ1) is 10.9. The molecule has 0 aromatic carbocycles. The first-order valence-electron chi connectivity index (χ1n) is 6.52. The van der Waals surface area contributed by atoms with E-state index in [2.05, 4.69) is 13.0 Å². The van der Waals surface area contributed by atoms with Crippen molar-refractivity contribution < 1.29 is 4.79 Å². The minimum absolute atomic E-state index is 0.356. The highest BCUT2D eigenvalue weighted by Gasteiger charge is 2.31. The zero-order valence-corrected chi connectivity index (χ0v) is 9.80. The van der Waals surface area contributed by atoms with Crippen LogP contribution >= 0.6 is 0 Å². The molecule has 2 aliphatic carbocycles. The van der Waals surface area contributed by atoms with Crippen molar-refractivity contribution >= 4 is 5.78 Å². The summed E-state index contributed by atoms with van der Waals surface area (Å²) in [6.07, 6.45) is 11.8. The average Bonchev–Trinajstić information content (AvgIpc) is 2.53. The molecule has 1 heteroatoms. The zero-order chi connectivity index (χ0) is 10.7. The van der Waals surface area contributed by atoms with Gasteiger partial charge in [-0.25, -0.2) is 0 Å². The van der Waals surface area contributed by atoms with Gasteiger partial charge in [0, 0.05) is 5.92 Å². The number of Topliss-reactive ketones (excluding diaryl/α,β-unsaturated/α-hetero) is 1. The van der Waals surface area contributed by atoms with Crippen LogP contribution < -0.4 is 0 Å². The van der Waals surface area contributed by atoms with Gasteiger partial charge in [-0.15, -0.1) is 0 Å². The van der Waals surface area contributed by atoms with E-state index in [-0.39, 0.29) is 0 Å². The van der Waals surface area contributed by atoms with Gasteiger partial charge in [0.15, 0.2) is 5.78 Å². The van der Waals surface area contributed by atoms with Gasteiger partial charge < -0.3 is 0 Å². The summed E-state index contributed by atoms with van der Waals surface area (Å²) in [6, 6.07) is 0. The number of allylic oxidation sites excluding steroid dienone is 2. The standard InChI is InChI=1S/C14H22O/c1-11-7-6-10-13(11)14(15)12-8-4-2-3-5-9-12/h8,11,13H,2-7,9-10H2,1H3. The first-order chi connectivity index (χ1) is 7.29. The number of ketones is 1. The largest absolute Gasteiger partial charge is 0.294 e. The van der Waals surface area contributed by atoms with E-state index in [1.54, 1.807) is 0 Å². The van der Waals surface area contributed by atoms with Crippen LogP contribution in [-0.2, 0) is 4.79 Å². The molecule has 0 amide bonds. The Hall–Kier alpha value is -0.590. The lowest BCUT2D eigenvalue weighted by molar-refractivity contribution is -0.120. The second kappa shape index (κ2) is 4.96. The summed E-state index contributed by atoms with van der Waals surface area (Å²) < 4.78 is 0. The van der Waals surface area contributed by atoms with Crippen LogP contribution in [0.15, 0.2) is 11.6 Å². The molecule has 0 aromatic heterocycles. The summed E-state index contributed by atoms with van der Waals surface area (Å²) in [7, 11) is 0. The van der Waals surface area contributed by atoms with Crippen LogP contribution in [0, 0.1) is 11.8 Å². The Labute approximate surface area is 92.9 Å². The van der Waals surface area contributed by atoms with E-state index < -0.39 is 0 Å². The maximum absolute atomic E-state index is 12.3. The van der Waals surface area contributed by atoms with Crippen molar-refractivity contribution in [2.75, 3.05) is 0 Å². The smallest absolute Gasteiger partial charge is 0.161 e. The number of hydrogen-bond acceptors (Lipinski definition) is 1. The highest BCUT2D eigenvalue weighted by molar-refractivity contribution is 5.97. The molecule has 0 saturated heterocycles. The summed E-state index contributed by atoms with van der Waals surface area (Å²) in [4.78, 5) is 12.3. The molecular weight excluding hydrogens is 184 g/mol. The fourth-order valence-electron chi connectivity index (χ4n) is 3.01. The van der Waals surface area contributed by atoms with Crippen molar-refractivity contribution in [2.45, 2.75) is 58.3 Å². The molecule has 0 N–H and O–H groups in total. The fraction of sp³-hybridized carbons (Fsp3) is 0.786. The Bertz CT molecular complexity index is 265. The summed E-state index contributed by atoms with van der Waals surface area (Å²) in [6.45, 7) is 2.24. The molecule has 2 unspecified atom stereocenters. The Morgan fingerprint density at radius 1 is 1.20 bits per heavy atom. The van der Waals surface area contributed by atoms with E-state index in [0.717, 1.165) is 24.8 Å².